The first kappa shape index (κ1) is 20.2. The lowest BCUT2D eigenvalue weighted by molar-refractivity contribution is -0.139. The van der Waals surface area contributed by atoms with E-state index in [0.717, 1.165) is 0 Å². The van der Waals surface area contributed by atoms with Crippen molar-refractivity contribution in [1.82, 2.24) is 0 Å². The highest BCUT2D eigenvalue weighted by Crippen LogP contribution is 2.02. The van der Waals surface area contributed by atoms with Gasteiger partial charge in [-0.05, 0) is 0 Å². The molecule has 114 valence electrons. The summed E-state index contributed by atoms with van der Waals surface area (Å²) < 4.78 is 0. The minimum atomic E-state index is -1.79. The van der Waals surface area contributed by atoms with E-state index in [9.17, 15) is 9.59 Å². The number of carboxylic acids is 1. The van der Waals surface area contributed by atoms with Gasteiger partial charge >= 0.3 is 5.97 Å². The molecule has 0 aromatic carbocycles. The van der Waals surface area contributed by atoms with Crippen LogP contribution in [0.25, 0.3) is 0 Å². The number of aliphatic carboxylic acids is 1. The van der Waals surface area contributed by atoms with Crippen LogP contribution in [0.2, 0.25) is 0 Å². The fraction of sp³-hybridized carbons (Fsp3) is 0.778. The number of carbonyl (C=O) groups excluding carboxylic acids is 1. The summed E-state index contributed by atoms with van der Waals surface area (Å²) >= 11 is 0. The summed E-state index contributed by atoms with van der Waals surface area (Å²) in [6, 6.07) is -1.13. The lowest BCUT2D eigenvalue weighted by Crippen LogP contribution is -2.46. The molecule has 0 heterocycles. The van der Waals surface area contributed by atoms with Crippen LogP contribution in [0.4, 0.5) is 0 Å². The molecule has 0 rings (SSSR count). The van der Waals surface area contributed by atoms with Crippen LogP contribution in [0.15, 0.2) is 0 Å². The van der Waals surface area contributed by atoms with E-state index in [4.69, 9.17) is 41.5 Å². The molecule has 0 aromatic heterocycles. The number of aliphatic hydroxyl groups excluding tert-OH is 6. The second kappa shape index (κ2) is 10.8. The third-order valence-electron chi connectivity index (χ3n) is 1.93. The maximum Gasteiger partial charge on any atom is 0.322 e. The zero-order valence-corrected chi connectivity index (χ0v) is 9.90. The SMILES string of the molecule is N[C@@H](CO)C(=O)O.O=C[C@H](O)[C@@H](O)[C@H](O)[C@H](O)CO. The smallest absolute Gasteiger partial charge is 0.322 e. The van der Waals surface area contributed by atoms with Gasteiger partial charge in [0.1, 0.15) is 30.5 Å². The average molecular weight is 285 g/mol. The fourth-order valence-corrected chi connectivity index (χ4v) is 0.696. The Hall–Kier alpha value is -1.14. The van der Waals surface area contributed by atoms with Crippen molar-refractivity contribution in [3.63, 3.8) is 0 Å². The van der Waals surface area contributed by atoms with Gasteiger partial charge in [-0.25, -0.2) is 0 Å². The molecule has 0 aromatic rings. The fourth-order valence-electron chi connectivity index (χ4n) is 0.696. The molecule has 0 aliphatic rings. The minimum absolute atomic E-state index is 0.0258. The van der Waals surface area contributed by atoms with E-state index in [2.05, 4.69) is 0 Å². The number of nitrogens with two attached hydrogens (primary N) is 1. The van der Waals surface area contributed by atoms with Gasteiger partial charge in [0.15, 0.2) is 6.29 Å². The molecule has 10 nitrogen and oxygen atoms in total. The molecule has 0 aliphatic carbocycles. The molecule has 0 amide bonds. The van der Waals surface area contributed by atoms with Crippen molar-refractivity contribution in [3.8, 4) is 0 Å². The first-order valence-electron chi connectivity index (χ1n) is 5.10. The molecular weight excluding hydrogens is 266 g/mol. The van der Waals surface area contributed by atoms with Gasteiger partial charge in [-0.15, -0.1) is 0 Å². The molecular formula is C9H19NO9. The Morgan fingerprint density at radius 3 is 1.74 bits per heavy atom. The topological polar surface area (TPSA) is 202 Å². The molecule has 9 N–H and O–H groups in total. The molecule has 0 radical (unpaired) electrons. The average Bonchev–Trinajstić information content (AvgIpc) is 2.43. The summed E-state index contributed by atoms with van der Waals surface area (Å²) in [6.07, 6.45) is -6.84. The Balaban J connectivity index is 0. The van der Waals surface area contributed by atoms with Crippen molar-refractivity contribution in [3.05, 3.63) is 0 Å². The van der Waals surface area contributed by atoms with Crippen LogP contribution in [0.3, 0.4) is 0 Å². The van der Waals surface area contributed by atoms with Gasteiger partial charge < -0.3 is 46.3 Å². The Bertz CT molecular complexity index is 262. The van der Waals surface area contributed by atoms with Crippen molar-refractivity contribution in [2.24, 2.45) is 5.73 Å². The van der Waals surface area contributed by atoms with Crippen molar-refractivity contribution in [2.45, 2.75) is 30.5 Å². The predicted molar refractivity (Wildman–Crippen MR) is 59.9 cm³/mol. The van der Waals surface area contributed by atoms with Crippen molar-refractivity contribution in [2.75, 3.05) is 13.2 Å². The first-order chi connectivity index (χ1) is 8.72. The second-order valence-electron chi connectivity index (χ2n) is 3.49. The van der Waals surface area contributed by atoms with Crippen LogP contribution in [0, 0.1) is 0 Å². The van der Waals surface area contributed by atoms with Crippen molar-refractivity contribution >= 4 is 12.3 Å². The Morgan fingerprint density at radius 2 is 1.53 bits per heavy atom. The number of aliphatic hydroxyl groups is 6. The molecule has 0 saturated heterocycles. The highest BCUT2D eigenvalue weighted by atomic mass is 16.4. The number of aldehydes is 1. The highest BCUT2D eigenvalue weighted by molar-refractivity contribution is 5.73. The number of hydrogen-bond donors (Lipinski definition) is 8. The van der Waals surface area contributed by atoms with E-state index >= 15 is 0 Å². The van der Waals surface area contributed by atoms with Crippen LogP contribution >= 0.6 is 0 Å². The monoisotopic (exact) mass is 285 g/mol. The maximum absolute atomic E-state index is 9.90. The highest BCUT2D eigenvalue weighted by Gasteiger charge is 2.29. The Labute approximate surface area is 108 Å². The quantitative estimate of drug-likeness (QED) is 0.209. The molecule has 0 saturated carbocycles. The van der Waals surface area contributed by atoms with Gasteiger partial charge in [-0.1, -0.05) is 0 Å². The third-order valence-corrected chi connectivity index (χ3v) is 1.93. The predicted octanol–water partition coefficient (Wildman–Crippen LogP) is -4.99. The van der Waals surface area contributed by atoms with Crippen LogP contribution in [0.1, 0.15) is 0 Å². The van der Waals surface area contributed by atoms with Crippen LogP contribution in [-0.2, 0) is 9.59 Å². The third kappa shape index (κ3) is 8.56. The van der Waals surface area contributed by atoms with Crippen LogP contribution < -0.4 is 5.73 Å². The van der Waals surface area contributed by atoms with E-state index in [1.807, 2.05) is 0 Å². The molecule has 0 fully saturated rings. The largest absolute Gasteiger partial charge is 0.480 e. The van der Waals surface area contributed by atoms with Gasteiger partial charge in [-0.2, -0.15) is 0 Å². The van der Waals surface area contributed by atoms with Gasteiger partial charge in [0.2, 0.25) is 0 Å². The molecule has 19 heavy (non-hydrogen) atoms. The van der Waals surface area contributed by atoms with Gasteiger partial charge in [0.25, 0.3) is 0 Å². The lowest BCUT2D eigenvalue weighted by atomic mass is 10.0. The van der Waals surface area contributed by atoms with Crippen molar-refractivity contribution < 1.29 is 45.3 Å². The van der Waals surface area contributed by atoms with E-state index in [1.165, 1.54) is 0 Å². The number of hydrogen-bond acceptors (Lipinski definition) is 9. The Morgan fingerprint density at radius 1 is 1.05 bits per heavy atom. The van der Waals surface area contributed by atoms with Crippen LogP contribution in [0.5, 0.6) is 0 Å². The summed E-state index contributed by atoms with van der Waals surface area (Å²) in [5, 5.41) is 59.4. The molecule has 0 bridgehead atoms. The van der Waals surface area contributed by atoms with Gasteiger partial charge in [0.05, 0.1) is 13.2 Å². The second-order valence-corrected chi connectivity index (χ2v) is 3.49. The summed E-state index contributed by atoms with van der Waals surface area (Å²) in [6.45, 7) is -1.26. The normalized spacial score (nSPS) is 18.3. The summed E-state index contributed by atoms with van der Waals surface area (Å²) in [5.74, 6) is -1.18. The van der Waals surface area contributed by atoms with Gasteiger partial charge in [-0.3, -0.25) is 4.79 Å². The van der Waals surface area contributed by atoms with E-state index in [-0.39, 0.29) is 6.29 Å². The standard InChI is InChI=1S/C6H12O6.C3H7NO3/c7-1-3(9)5(11)6(12)4(10)2-8;4-2(1-5)3(6)7/h1,3-6,8-12H,2H2;2,5H,1,4H2,(H,6,7)/t3-,4+,5+,6+;2-/m00/s1. The molecule has 5 atom stereocenters. The van der Waals surface area contributed by atoms with E-state index < -0.39 is 49.6 Å². The zero-order chi connectivity index (χ0) is 15.6. The molecule has 0 spiro atoms. The van der Waals surface area contributed by atoms with E-state index in [0.29, 0.717) is 0 Å². The van der Waals surface area contributed by atoms with E-state index in [1.54, 1.807) is 0 Å². The summed E-state index contributed by atoms with van der Waals surface area (Å²) in [7, 11) is 0. The number of carbonyl (C=O) groups is 2. The minimum Gasteiger partial charge on any atom is -0.480 e. The molecule has 0 unspecified atom stereocenters. The lowest BCUT2D eigenvalue weighted by Gasteiger charge is -2.22. The first-order valence-corrected chi connectivity index (χ1v) is 5.10. The van der Waals surface area contributed by atoms with Gasteiger partial charge in [0, 0.05) is 0 Å². The maximum atomic E-state index is 9.90. The molecule has 0 aliphatic heterocycles. The summed E-state index contributed by atoms with van der Waals surface area (Å²) in [4.78, 5) is 19.5. The van der Waals surface area contributed by atoms with Crippen molar-refractivity contribution in [1.29, 1.82) is 0 Å². The number of rotatable bonds is 7. The number of carboxylic acid groups (broad SMARTS) is 1. The van der Waals surface area contributed by atoms with Crippen LogP contribution in [-0.4, -0.2) is 91.7 Å². The Kier molecular flexibility index (Phi) is 11.4. The summed E-state index contributed by atoms with van der Waals surface area (Å²) in [5.41, 5.74) is 4.77. The zero-order valence-electron chi connectivity index (χ0n) is 9.90. The molecule has 10 heteroatoms.